The van der Waals surface area contributed by atoms with E-state index >= 15 is 0 Å². The molecular formula is C18H17N3O2. The van der Waals surface area contributed by atoms with Crippen molar-refractivity contribution >= 4 is 11.9 Å². The number of carbonyl (C=O) groups excluding carboxylic acids is 1. The minimum atomic E-state index is -0.330. The van der Waals surface area contributed by atoms with Crippen molar-refractivity contribution in [2.75, 3.05) is 12.4 Å². The van der Waals surface area contributed by atoms with E-state index < -0.39 is 0 Å². The highest BCUT2D eigenvalue weighted by atomic mass is 16.5. The Hall–Kier alpha value is -3.08. The number of hydrogen-bond acceptors (Lipinski definition) is 4. The number of carbonyl (C=O) groups is 1. The molecule has 0 radical (unpaired) electrons. The van der Waals surface area contributed by atoms with Gasteiger partial charge in [-0.25, -0.2) is 9.78 Å². The SMILES string of the molecule is COC(=O)c1ccc(CNc2nccn2-c2ccccc2)cc1. The number of methoxy groups -OCH3 is 1. The van der Waals surface area contributed by atoms with Crippen LogP contribution in [0.25, 0.3) is 5.69 Å². The van der Waals surface area contributed by atoms with E-state index in [1.807, 2.05) is 53.2 Å². The quantitative estimate of drug-likeness (QED) is 0.735. The fraction of sp³-hybridized carbons (Fsp3) is 0.111. The number of aromatic nitrogens is 2. The Kier molecular flexibility index (Phi) is 4.38. The summed E-state index contributed by atoms with van der Waals surface area (Å²) in [5.74, 6) is 0.442. The van der Waals surface area contributed by atoms with Gasteiger partial charge >= 0.3 is 5.97 Å². The molecule has 0 spiro atoms. The number of esters is 1. The first kappa shape index (κ1) is 14.8. The predicted octanol–water partition coefficient (Wildman–Crippen LogP) is 3.27. The molecule has 3 rings (SSSR count). The third-order valence-electron chi connectivity index (χ3n) is 3.50. The van der Waals surface area contributed by atoms with Gasteiger partial charge < -0.3 is 10.1 Å². The summed E-state index contributed by atoms with van der Waals surface area (Å²) in [4.78, 5) is 15.8. The van der Waals surface area contributed by atoms with Crippen LogP contribution in [-0.2, 0) is 11.3 Å². The highest BCUT2D eigenvalue weighted by Crippen LogP contribution is 2.15. The lowest BCUT2D eigenvalue weighted by Crippen LogP contribution is -2.06. The van der Waals surface area contributed by atoms with Crippen LogP contribution in [0.5, 0.6) is 0 Å². The molecule has 1 N–H and O–H groups in total. The molecule has 0 bridgehead atoms. The van der Waals surface area contributed by atoms with Gasteiger partial charge in [-0.3, -0.25) is 4.57 Å². The Labute approximate surface area is 134 Å². The summed E-state index contributed by atoms with van der Waals surface area (Å²) in [6.45, 7) is 0.616. The van der Waals surface area contributed by atoms with Crippen molar-refractivity contribution in [1.82, 2.24) is 9.55 Å². The van der Waals surface area contributed by atoms with E-state index in [9.17, 15) is 4.79 Å². The number of nitrogens with zero attached hydrogens (tertiary/aromatic N) is 2. The largest absolute Gasteiger partial charge is 0.465 e. The minimum Gasteiger partial charge on any atom is -0.465 e. The minimum absolute atomic E-state index is 0.330. The summed E-state index contributed by atoms with van der Waals surface area (Å²) in [5, 5.41) is 3.31. The van der Waals surface area contributed by atoms with E-state index in [4.69, 9.17) is 4.74 Å². The molecule has 0 fully saturated rings. The number of hydrogen-bond donors (Lipinski definition) is 1. The number of para-hydroxylation sites is 1. The van der Waals surface area contributed by atoms with E-state index in [0.717, 1.165) is 17.2 Å². The Morgan fingerprint density at radius 2 is 1.87 bits per heavy atom. The fourth-order valence-electron chi connectivity index (χ4n) is 2.29. The Morgan fingerprint density at radius 3 is 2.57 bits per heavy atom. The van der Waals surface area contributed by atoms with Gasteiger partial charge in [-0.05, 0) is 29.8 Å². The molecular weight excluding hydrogens is 290 g/mol. The topological polar surface area (TPSA) is 56.1 Å². The molecule has 0 aliphatic rings. The lowest BCUT2D eigenvalue weighted by Gasteiger charge is -2.10. The molecule has 0 saturated heterocycles. The summed E-state index contributed by atoms with van der Waals surface area (Å²) in [7, 11) is 1.38. The molecule has 0 aliphatic heterocycles. The smallest absolute Gasteiger partial charge is 0.337 e. The molecule has 116 valence electrons. The van der Waals surface area contributed by atoms with Gasteiger partial charge in [0, 0.05) is 24.6 Å². The molecule has 1 heterocycles. The first-order valence-electron chi connectivity index (χ1n) is 7.28. The van der Waals surface area contributed by atoms with Crippen molar-refractivity contribution in [1.29, 1.82) is 0 Å². The summed E-state index contributed by atoms with van der Waals surface area (Å²) < 4.78 is 6.68. The molecule has 0 aliphatic carbocycles. The number of rotatable bonds is 5. The van der Waals surface area contributed by atoms with Gasteiger partial charge in [0.05, 0.1) is 12.7 Å². The van der Waals surface area contributed by atoms with Crippen LogP contribution in [0.3, 0.4) is 0 Å². The van der Waals surface area contributed by atoms with Crippen LogP contribution < -0.4 is 5.32 Å². The van der Waals surface area contributed by atoms with Gasteiger partial charge in [0.2, 0.25) is 5.95 Å². The Bertz CT molecular complexity index is 780. The number of nitrogens with one attached hydrogen (secondary N) is 1. The Morgan fingerprint density at radius 1 is 1.13 bits per heavy atom. The number of ether oxygens (including phenoxy) is 1. The van der Waals surface area contributed by atoms with Crippen molar-refractivity contribution in [3.8, 4) is 5.69 Å². The molecule has 0 unspecified atom stereocenters. The van der Waals surface area contributed by atoms with E-state index in [2.05, 4.69) is 10.3 Å². The van der Waals surface area contributed by atoms with E-state index in [-0.39, 0.29) is 5.97 Å². The number of anilines is 1. The second kappa shape index (κ2) is 6.79. The number of benzene rings is 2. The lowest BCUT2D eigenvalue weighted by molar-refractivity contribution is 0.0600. The third kappa shape index (κ3) is 3.40. The zero-order chi connectivity index (χ0) is 16.1. The van der Waals surface area contributed by atoms with Crippen molar-refractivity contribution in [3.05, 3.63) is 78.1 Å². The average molecular weight is 307 g/mol. The maximum atomic E-state index is 11.4. The van der Waals surface area contributed by atoms with Crippen molar-refractivity contribution in [3.63, 3.8) is 0 Å². The van der Waals surface area contributed by atoms with Crippen molar-refractivity contribution < 1.29 is 9.53 Å². The highest BCUT2D eigenvalue weighted by molar-refractivity contribution is 5.89. The molecule has 5 heteroatoms. The van der Waals surface area contributed by atoms with Gasteiger partial charge in [-0.2, -0.15) is 0 Å². The van der Waals surface area contributed by atoms with E-state index in [0.29, 0.717) is 12.1 Å². The number of imidazole rings is 1. The van der Waals surface area contributed by atoms with Crippen LogP contribution in [0.2, 0.25) is 0 Å². The zero-order valence-corrected chi connectivity index (χ0v) is 12.8. The van der Waals surface area contributed by atoms with Crippen LogP contribution in [0.4, 0.5) is 5.95 Å². The lowest BCUT2D eigenvalue weighted by atomic mass is 10.1. The standard InChI is InChI=1S/C18H17N3O2/c1-23-17(22)15-9-7-14(8-10-15)13-20-18-19-11-12-21(18)16-5-3-2-4-6-16/h2-12H,13H2,1H3,(H,19,20). The monoisotopic (exact) mass is 307 g/mol. The fourth-order valence-corrected chi connectivity index (χ4v) is 2.29. The summed E-state index contributed by atoms with van der Waals surface area (Å²) >= 11 is 0. The summed E-state index contributed by atoms with van der Waals surface area (Å²) in [6.07, 6.45) is 3.67. The molecule has 1 aromatic heterocycles. The van der Waals surface area contributed by atoms with Gasteiger partial charge in [-0.15, -0.1) is 0 Å². The van der Waals surface area contributed by atoms with Crippen molar-refractivity contribution in [2.24, 2.45) is 0 Å². The molecule has 3 aromatic rings. The normalized spacial score (nSPS) is 10.3. The molecule has 0 amide bonds. The van der Waals surface area contributed by atoms with Gasteiger partial charge in [0.1, 0.15) is 0 Å². The second-order valence-electron chi connectivity index (χ2n) is 5.00. The van der Waals surface area contributed by atoms with Crippen LogP contribution in [0.1, 0.15) is 15.9 Å². The molecule has 2 aromatic carbocycles. The third-order valence-corrected chi connectivity index (χ3v) is 3.50. The van der Waals surface area contributed by atoms with Crippen LogP contribution in [-0.4, -0.2) is 22.6 Å². The van der Waals surface area contributed by atoms with E-state index in [1.165, 1.54) is 7.11 Å². The molecule has 0 atom stereocenters. The van der Waals surface area contributed by atoms with Gasteiger partial charge in [0.25, 0.3) is 0 Å². The van der Waals surface area contributed by atoms with Gasteiger partial charge in [-0.1, -0.05) is 30.3 Å². The Balaban J connectivity index is 1.70. The highest BCUT2D eigenvalue weighted by Gasteiger charge is 2.06. The van der Waals surface area contributed by atoms with Gasteiger partial charge in [0.15, 0.2) is 0 Å². The maximum absolute atomic E-state index is 11.4. The predicted molar refractivity (Wildman–Crippen MR) is 88.7 cm³/mol. The first-order valence-corrected chi connectivity index (χ1v) is 7.28. The van der Waals surface area contributed by atoms with Crippen LogP contribution in [0.15, 0.2) is 67.0 Å². The second-order valence-corrected chi connectivity index (χ2v) is 5.00. The average Bonchev–Trinajstić information content (AvgIpc) is 3.09. The first-order chi connectivity index (χ1) is 11.3. The van der Waals surface area contributed by atoms with E-state index in [1.54, 1.807) is 18.3 Å². The summed E-state index contributed by atoms with van der Waals surface area (Å²) in [6, 6.07) is 17.3. The van der Waals surface area contributed by atoms with Crippen LogP contribution >= 0.6 is 0 Å². The maximum Gasteiger partial charge on any atom is 0.337 e. The van der Waals surface area contributed by atoms with Crippen LogP contribution in [0, 0.1) is 0 Å². The zero-order valence-electron chi connectivity index (χ0n) is 12.8. The molecule has 5 nitrogen and oxygen atoms in total. The molecule has 23 heavy (non-hydrogen) atoms. The molecule has 0 saturated carbocycles. The van der Waals surface area contributed by atoms with Crippen molar-refractivity contribution in [2.45, 2.75) is 6.54 Å². The summed E-state index contributed by atoms with van der Waals surface area (Å²) in [5.41, 5.74) is 2.65.